The predicted molar refractivity (Wildman–Crippen MR) is 133 cm³/mol. The van der Waals surface area contributed by atoms with Crippen LogP contribution in [0.5, 0.6) is 0 Å². The van der Waals surface area contributed by atoms with Crippen LogP contribution in [0.4, 0.5) is 0 Å². The molecule has 2 N–H and O–H groups in total. The van der Waals surface area contributed by atoms with E-state index in [-0.39, 0.29) is 30.0 Å². The Morgan fingerprint density at radius 3 is 2.58 bits per heavy atom. The number of rotatable bonds is 9. The summed E-state index contributed by atoms with van der Waals surface area (Å²) in [5.41, 5.74) is 0.997. The molecule has 4 rings (SSSR count). The zero-order valence-electron chi connectivity index (χ0n) is 21.1. The van der Waals surface area contributed by atoms with Crippen LogP contribution in [0.2, 0.25) is 0 Å². The standard InChI is InChI=1S/C25H33BN5O5/c1-16(2)12-22(26-31(17(3)15-35-26)18(4)25(34)36-26)30-23(32)20(13-19-8-6-5-7-9-19)29-24(33)21-14-27-10-11-28-21/h5-11,14,16-18,20,22H,12-13,15H2,1-4H3,(H,29,33)(H,30,32)/q-1/t17-,18+,20+,22+,26?/m1/s1. The van der Waals surface area contributed by atoms with Crippen LogP contribution in [0, 0.1) is 5.92 Å². The van der Waals surface area contributed by atoms with Crippen LogP contribution in [-0.2, 0) is 25.3 Å². The molecule has 2 aromatic rings. The zero-order valence-corrected chi connectivity index (χ0v) is 21.1. The number of carbonyl (C=O) groups is 3. The number of nitrogens with zero attached hydrogens (tertiary/aromatic N) is 3. The second kappa shape index (κ2) is 10.8. The molecule has 5 atom stereocenters. The van der Waals surface area contributed by atoms with E-state index in [1.165, 1.54) is 18.6 Å². The molecule has 1 aromatic carbocycles. The third-order valence-electron chi connectivity index (χ3n) is 6.84. The first-order valence-electron chi connectivity index (χ1n) is 12.4. The van der Waals surface area contributed by atoms with Crippen molar-refractivity contribution in [1.82, 2.24) is 25.4 Å². The Morgan fingerprint density at radius 1 is 1.17 bits per heavy atom. The zero-order chi connectivity index (χ0) is 25.9. The number of carbonyl (C=O) groups excluding carboxylic acids is 3. The van der Waals surface area contributed by atoms with Gasteiger partial charge in [0.25, 0.3) is 11.9 Å². The quantitative estimate of drug-likeness (QED) is 0.503. The Bertz CT molecular complexity index is 1090. The molecule has 1 unspecified atom stereocenters. The average Bonchev–Trinajstić information content (AvgIpc) is 3.33. The van der Waals surface area contributed by atoms with Gasteiger partial charge in [0.1, 0.15) is 11.7 Å². The number of hydrogen-bond donors (Lipinski definition) is 2. The maximum absolute atomic E-state index is 13.7. The van der Waals surface area contributed by atoms with Gasteiger partial charge in [-0.05, 0) is 30.4 Å². The number of benzene rings is 1. The summed E-state index contributed by atoms with van der Waals surface area (Å²) in [5, 5.41) is 5.89. The van der Waals surface area contributed by atoms with Crippen molar-refractivity contribution in [3.63, 3.8) is 0 Å². The van der Waals surface area contributed by atoms with Crippen LogP contribution in [-0.4, -0.2) is 69.9 Å². The maximum atomic E-state index is 13.7. The van der Waals surface area contributed by atoms with Crippen LogP contribution in [0.25, 0.3) is 0 Å². The summed E-state index contributed by atoms with van der Waals surface area (Å²) >= 11 is 0. The topological polar surface area (TPSA) is 123 Å². The van der Waals surface area contributed by atoms with Crippen LogP contribution in [0.15, 0.2) is 48.9 Å². The van der Waals surface area contributed by atoms with Gasteiger partial charge in [-0.3, -0.25) is 19.4 Å². The third-order valence-corrected chi connectivity index (χ3v) is 6.84. The molecule has 2 aliphatic rings. The van der Waals surface area contributed by atoms with Gasteiger partial charge in [-0.1, -0.05) is 57.5 Å². The van der Waals surface area contributed by atoms with E-state index < -0.39 is 36.5 Å². The van der Waals surface area contributed by atoms with Crippen molar-refractivity contribution in [3.05, 3.63) is 60.2 Å². The fourth-order valence-corrected chi connectivity index (χ4v) is 5.22. The average molecular weight is 494 g/mol. The summed E-state index contributed by atoms with van der Waals surface area (Å²) in [4.78, 5) is 49.1. The third kappa shape index (κ3) is 5.27. The Balaban J connectivity index is 1.60. The van der Waals surface area contributed by atoms with Crippen LogP contribution in [0.1, 0.15) is 50.2 Å². The minimum absolute atomic E-state index is 0.0329. The van der Waals surface area contributed by atoms with Crippen LogP contribution >= 0.6 is 0 Å². The van der Waals surface area contributed by atoms with E-state index in [0.29, 0.717) is 13.0 Å². The molecule has 0 bridgehead atoms. The van der Waals surface area contributed by atoms with E-state index in [9.17, 15) is 14.4 Å². The second-order valence-corrected chi connectivity index (χ2v) is 10.0. The van der Waals surface area contributed by atoms with Crippen molar-refractivity contribution in [1.29, 1.82) is 0 Å². The maximum Gasteiger partial charge on any atom is 0.396 e. The fraction of sp³-hybridized carbons (Fsp3) is 0.480. The highest BCUT2D eigenvalue weighted by atomic mass is 16.7. The highest BCUT2D eigenvalue weighted by molar-refractivity contribution is 6.70. The van der Waals surface area contributed by atoms with E-state index in [2.05, 4.69) is 20.6 Å². The first kappa shape index (κ1) is 25.8. The molecule has 192 valence electrons. The fourth-order valence-electron chi connectivity index (χ4n) is 5.22. The highest BCUT2D eigenvalue weighted by Crippen LogP contribution is 2.37. The van der Waals surface area contributed by atoms with Crippen LogP contribution in [0.3, 0.4) is 0 Å². The Morgan fingerprint density at radius 2 is 1.92 bits per heavy atom. The lowest BCUT2D eigenvalue weighted by molar-refractivity contribution is -0.136. The lowest BCUT2D eigenvalue weighted by Crippen LogP contribution is -2.67. The molecule has 2 amide bonds. The van der Waals surface area contributed by atoms with Crippen molar-refractivity contribution in [2.45, 2.75) is 64.6 Å². The van der Waals surface area contributed by atoms with E-state index in [1.807, 2.05) is 55.9 Å². The van der Waals surface area contributed by atoms with E-state index in [4.69, 9.17) is 9.31 Å². The van der Waals surface area contributed by atoms with Gasteiger partial charge in [-0.15, -0.1) is 0 Å². The molecule has 0 spiro atoms. The van der Waals surface area contributed by atoms with Crippen LogP contribution < -0.4 is 10.6 Å². The molecule has 10 nitrogen and oxygen atoms in total. The van der Waals surface area contributed by atoms with E-state index in [0.717, 1.165) is 5.56 Å². The van der Waals surface area contributed by atoms with Crippen molar-refractivity contribution in [2.24, 2.45) is 5.92 Å². The first-order chi connectivity index (χ1) is 17.2. The summed E-state index contributed by atoms with van der Waals surface area (Å²) in [6, 6.07) is 8.04. The summed E-state index contributed by atoms with van der Waals surface area (Å²) in [5.74, 6) is -1.65. The van der Waals surface area contributed by atoms with Gasteiger partial charge >= 0.3 is 6.69 Å². The Kier molecular flexibility index (Phi) is 7.70. The van der Waals surface area contributed by atoms with Gasteiger partial charge in [-0.25, -0.2) is 4.98 Å². The van der Waals surface area contributed by atoms with Crippen molar-refractivity contribution in [2.75, 3.05) is 6.61 Å². The van der Waals surface area contributed by atoms with E-state index >= 15 is 0 Å². The molecular formula is C25H33BN5O5-. The Hall–Kier alpha value is -3.31. The lowest BCUT2D eigenvalue weighted by atomic mass is 9.59. The lowest BCUT2D eigenvalue weighted by Gasteiger charge is -2.45. The molecule has 1 aromatic heterocycles. The molecular weight excluding hydrogens is 461 g/mol. The van der Waals surface area contributed by atoms with Crippen molar-refractivity contribution < 1.29 is 23.7 Å². The predicted octanol–water partition coefficient (Wildman–Crippen LogP) is 1.49. The van der Waals surface area contributed by atoms with E-state index in [1.54, 1.807) is 6.92 Å². The summed E-state index contributed by atoms with van der Waals surface area (Å²) < 4.78 is 12.0. The number of amides is 2. The Labute approximate surface area is 211 Å². The molecule has 2 saturated heterocycles. The molecule has 3 heterocycles. The van der Waals surface area contributed by atoms with Gasteiger partial charge < -0.3 is 24.8 Å². The first-order valence-corrected chi connectivity index (χ1v) is 12.4. The van der Waals surface area contributed by atoms with Gasteiger partial charge in [-0.2, -0.15) is 0 Å². The summed E-state index contributed by atoms with van der Waals surface area (Å²) in [6.45, 7) is 6.01. The highest BCUT2D eigenvalue weighted by Gasteiger charge is 2.58. The number of nitrogens with one attached hydrogen (secondary N) is 2. The van der Waals surface area contributed by atoms with Crippen molar-refractivity contribution in [3.8, 4) is 0 Å². The minimum atomic E-state index is -2.23. The molecule has 2 fully saturated rings. The molecule has 36 heavy (non-hydrogen) atoms. The largest absolute Gasteiger partial charge is 0.651 e. The minimum Gasteiger partial charge on any atom is -0.651 e. The van der Waals surface area contributed by atoms with Gasteiger partial charge in [0.2, 0.25) is 5.91 Å². The molecule has 2 aliphatic heterocycles. The smallest absolute Gasteiger partial charge is 0.396 e. The monoisotopic (exact) mass is 494 g/mol. The molecule has 0 saturated carbocycles. The van der Waals surface area contributed by atoms with Gasteiger partial charge in [0.15, 0.2) is 0 Å². The number of fused-ring (bicyclic) bond motifs is 1. The SMILES string of the molecule is CC(C)C[C@H](NC(=O)[C@H](Cc1ccccc1)NC(=O)c1cnccn1)[B-]12OC[C@@H](C)N1[C@@H](C)C(=O)O2. The molecule has 0 radical (unpaired) electrons. The summed E-state index contributed by atoms with van der Waals surface area (Å²) in [6.07, 6.45) is 5.04. The molecule has 11 heteroatoms. The summed E-state index contributed by atoms with van der Waals surface area (Å²) in [7, 11) is 0. The molecule has 0 aliphatic carbocycles. The van der Waals surface area contributed by atoms with Gasteiger partial charge in [0.05, 0.1) is 12.2 Å². The normalized spacial score (nSPS) is 25.2. The van der Waals surface area contributed by atoms with Gasteiger partial charge in [0, 0.05) is 25.4 Å². The second-order valence-electron chi connectivity index (χ2n) is 10.0. The number of aromatic nitrogens is 2. The number of hydrogen-bond acceptors (Lipinski definition) is 8. The van der Waals surface area contributed by atoms with Crippen molar-refractivity contribution >= 4 is 24.5 Å².